The van der Waals surface area contributed by atoms with Gasteiger partial charge in [0.1, 0.15) is 6.26 Å². The Morgan fingerprint density at radius 2 is 2.06 bits per heavy atom. The molecule has 0 unspecified atom stereocenters. The van der Waals surface area contributed by atoms with Crippen LogP contribution < -0.4 is 5.73 Å². The zero-order chi connectivity index (χ0) is 12.3. The molecular weight excluding hydrogens is 216 g/mol. The molecule has 0 aliphatic carbocycles. The van der Waals surface area contributed by atoms with Crippen molar-refractivity contribution in [1.29, 1.82) is 0 Å². The van der Waals surface area contributed by atoms with Crippen LogP contribution >= 0.6 is 0 Å². The lowest BCUT2D eigenvalue weighted by Crippen LogP contribution is -2.22. The van der Waals surface area contributed by atoms with Gasteiger partial charge in [-0.25, -0.2) is 0 Å². The van der Waals surface area contributed by atoms with Gasteiger partial charge in [-0.2, -0.15) is 0 Å². The number of carbonyl (C=O) groups is 1. The van der Waals surface area contributed by atoms with Crippen LogP contribution in [0.3, 0.4) is 0 Å². The van der Waals surface area contributed by atoms with E-state index in [-0.39, 0.29) is 11.8 Å². The third kappa shape index (κ3) is 2.72. The van der Waals surface area contributed by atoms with Crippen LogP contribution in [0.25, 0.3) is 11.1 Å². The quantitative estimate of drug-likeness (QED) is 0.873. The number of carbonyl (C=O) groups excluding carboxylic acids is 1. The molecule has 0 aliphatic heterocycles. The van der Waals surface area contributed by atoms with E-state index >= 15 is 0 Å². The van der Waals surface area contributed by atoms with Crippen molar-refractivity contribution in [2.75, 3.05) is 0 Å². The summed E-state index contributed by atoms with van der Waals surface area (Å²) in [5.74, 6) is -0.412. The molecule has 1 atom stereocenters. The first-order valence-electron chi connectivity index (χ1n) is 5.45. The van der Waals surface area contributed by atoms with Crippen LogP contribution in [0.2, 0.25) is 0 Å². The minimum Gasteiger partial charge on any atom is -0.369 e. The molecule has 2 N–H and O–H groups in total. The SMILES string of the molecule is C[C@H](Cc1ccc(-c2cnoc2)cc1)C(N)=O. The summed E-state index contributed by atoms with van der Waals surface area (Å²) in [6, 6.07) is 7.94. The zero-order valence-electron chi connectivity index (χ0n) is 9.59. The highest BCUT2D eigenvalue weighted by atomic mass is 16.5. The van der Waals surface area contributed by atoms with Crippen molar-refractivity contribution in [2.45, 2.75) is 13.3 Å². The molecule has 0 saturated heterocycles. The van der Waals surface area contributed by atoms with Gasteiger partial charge in [-0.15, -0.1) is 0 Å². The van der Waals surface area contributed by atoms with E-state index < -0.39 is 0 Å². The molecular formula is C13H14N2O2. The first-order chi connectivity index (χ1) is 8.16. The van der Waals surface area contributed by atoms with Crippen LogP contribution in [0.4, 0.5) is 0 Å². The molecule has 0 fully saturated rings. The standard InChI is InChI=1S/C13H14N2O2/c1-9(13(14)16)6-10-2-4-11(5-3-10)12-7-15-17-8-12/h2-5,7-9H,6H2,1H3,(H2,14,16)/t9-/m1/s1. The highest BCUT2D eigenvalue weighted by Gasteiger charge is 2.09. The van der Waals surface area contributed by atoms with Gasteiger partial charge in [0.2, 0.25) is 5.91 Å². The van der Waals surface area contributed by atoms with Crippen LogP contribution in [0.5, 0.6) is 0 Å². The minimum atomic E-state index is -0.270. The summed E-state index contributed by atoms with van der Waals surface area (Å²) in [6.45, 7) is 1.83. The molecule has 1 heterocycles. The number of benzene rings is 1. The van der Waals surface area contributed by atoms with Crippen molar-refractivity contribution < 1.29 is 9.32 Å². The number of rotatable bonds is 4. The summed E-state index contributed by atoms with van der Waals surface area (Å²) in [6.07, 6.45) is 3.93. The van der Waals surface area contributed by atoms with Crippen LogP contribution in [-0.2, 0) is 11.2 Å². The molecule has 17 heavy (non-hydrogen) atoms. The lowest BCUT2D eigenvalue weighted by Gasteiger charge is -2.07. The average molecular weight is 230 g/mol. The van der Waals surface area contributed by atoms with Crippen LogP contribution in [0, 0.1) is 5.92 Å². The predicted octanol–water partition coefficient (Wildman–Crippen LogP) is 2.01. The first-order valence-corrected chi connectivity index (χ1v) is 5.45. The van der Waals surface area contributed by atoms with Gasteiger partial charge in [-0.1, -0.05) is 36.3 Å². The molecule has 0 spiro atoms. The fourth-order valence-electron chi connectivity index (χ4n) is 1.63. The lowest BCUT2D eigenvalue weighted by molar-refractivity contribution is -0.121. The Balaban J connectivity index is 2.11. The molecule has 4 nitrogen and oxygen atoms in total. The summed E-state index contributed by atoms with van der Waals surface area (Å²) in [5, 5.41) is 3.66. The van der Waals surface area contributed by atoms with E-state index in [0.29, 0.717) is 6.42 Å². The maximum absolute atomic E-state index is 11.0. The predicted molar refractivity (Wildman–Crippen MR) is 64.0 cm³/mol. The Morgan fingerprint density at radius 3 is 2.59 bits per heavy atom. The molecule has 1 amide bonds. The normalized spacial score (nSPS) is 12.3. The monoisotopic (exact) mass is 230 g/mol. The van der Waals surface area contributed by atoms with Gasteiger partial charge < -0.3 is 10.3 Å². The largest absolute Gasteiger partial charge is 0.369 e. The van der Waals surface area contributed by atoms with Gasteiger partial charge in [0.25, 0.3) is 0 Å². The molecule has 0 saturated carbocycles. The summed E-state index contributed by atoms with van der Waals surface area (Å²) < 4.78 is 4.78. The van der Waals surface area contributed by atoms with E-state index in [1.54, 1.807) is 12.5 Å². The van der Waals surface area contributed by atoms with Crippen molar-refractivity contribution in [2.24, 2.45) is 11.7 Å². The van der Waals surface area contributed by atoms with Crippen molar-refractivity contribution in [3.8, 4) is 11.1 Å². The molecule has 0 bridgehead atoms. The van der Waals surface area contributed by atoms with Gasteiger partial charge in [0.05, 0.1) is 6.20 Å². The van der Waals surface area contributed by atoms with Gasteiger partial charge in [-0.05, 0) is 17.5 Å². The Morgan fingerprint density at radius 1 is 1.35 bits per heavy atom. The molecule has 0 radical (unpaired) electrons. The van der Waals surface area contributed by atoms with Crippen LogP contribution in [-0.4, -0.2) is 11.1 Å². The minimum absolute atomic E-state index is 0.142. The summed E-state index contributed by atoms with van der Waals surface area (Å²) in [4.78, 5) is 11.0. The third-order valence-corrected chi connectivity index (χ3v) is 2.75. The highest BCUT2D eigenvalue weighted by Crippen LogP contribution is 2.19. The van der Waals surface area contributed by atoms with E-state index in [1.807, 2.05) is 31.2 Å². The smallest absolute Gasteiger partial charge is 0.220 e. The van der Waals surface area contributed by atoms with Crippen molar-refractivity contribution in [3.63, 3.8) is 0 Å². The number of hydrogen-bond acceptors (Lipinski definition) is 3. The Kier molecular flexibility index (Phi) is 3.23. The highest BCUT2D eigenvalue weighted by molar-refractivity contribution is 5.76. The van der Waals surface area contributed by atoms with Gasteiger partial charge >= 0.3 is 0 Å². The van der Waals surface area contributed by atoms with Crippen molar-refractivity contribution in [1.82, 2.24) is 5.16 Å². The lowest BCUT2D eigenvalue weighted by atomic mass is 9.99. The summed E-state index contributed by atoms with van der Waals surface area (Å²) >= 11 is 0. The summed E-state index contributed by atoms with van der Waals surface area (Å²) in [7, 11) is 0. The van der Waals surface area contributed by atoms with E-state index in [1.165, 1.54) is 0 Å². The maximum Gasteiger partial charge on any atom is 0.220 e. The molecule has 1 aromatic heterocycles. The van der Waals surface area contributed by atoms with Crippen LogP contribution in [0.1, 0.15) is 12.5 Å². The topological polar surface area (TPSA) is 69.1 Å². The molecule has 88 valence electrons. The van der Waals surface area contributed by atoms with E-state index in [0.717, 1.165) is 16.7 Å². The maximum atomic E-state index is 11.0. The first kappa shape index (κ1) is 11.4. The van der Waals surface area contributed by atoms with Gasteiger partial charge in [0.15, 0.2) is 0 Å². The Hall–Kier alpha value is -2.10. The van der Waals surface area contributed by atoms with E-state index in [2.05, 4.69) is 5.16 Å². The van der Waals surface area contributed by atoms with Crippen molar-refractivity contribution >= 4 is 5.91 Å². The number of hydrogen-bond donors (Lipinski definition) is 1. The fourth-order valence-corrected chi connectivity index (χ4v) is 1.63. The second-order valence-electron chi connectivity index (χ2n) is 4.12. The molecule has 0 aliphatic rings. The summed E-state index contributed by atoms with van der Waals surface area (Å²) in [5.41, 5.74) is 8.31. The van der Waals surface area contributed by atoms with E-state index in [4.69, 9.17) is 10.3 Å². The average Bonchev–Trinajstić information content (AvgIpc) is 2.83. The Labute approximate surface area is 99.4 Å². The zero-order valence-corrected chi connectivity index (χ0v) is 9.59. The number of aromatic nitrogens is 1. The fraction of sp³-hybridized carbons (Fsp3) is 0.231. The van der Waals surface area contributed by atoms with E-state index in [9.17, 15) is 4.79 Å². The number of nitrogens with zero attached hydrogens (tertiary/aromatic N) is 1. The van der Waals surface area contributed by atoms with Crippen molar-refractivity contribution in [3.05, 3.63) is 42.3 Å². The number of primary amides is 1. The second-order valence-corrected chi connectivity index (χ2v) is 4.12. The van der Waals surface area contributed by atoms with Crippen LogP contribution in [0.15, 0.2) is 41.2 Å². The molecule has 2 aromatic rings. The molecule has 2 rings (SSSR count). The second kappa shape index (κ2) is 4.82. The molecule has 1 aromatic carbocycles. The third-order valence-electron chi connectivity index (χ3n) is 2.75. The number of nitrogens with two attached hydrogens (primary N) is 1. The Bertz CT molecular complexity index is 489. The number of amides is 1. The van der Waals surface area contributed by atoms with Gasteiger partial charge in [0, 0.05) is 11.5 Å². The molecule has 4 heteroatoms. The van der Waals surface area contributed by atoms with Gasteiger partial charge in [-0.3, -0.25) is 4.79 Å².